The number of nitrogens with one attached hydrogen (secondary N) is 1. The van der Waals surface area contributed by atoms with Gasteiger partial charge >= 0.3 is 0 Å². The molecule has 0 saturated heterocycles. The highest BCUT2D eigenvalue weighted by Crippen LogP contribution is 2.39. The van der Waals surface area contributed by atoms with Crippen molar-refractivity contribution in [3.8, 4) is 22.9 Å². The maximum Gasteiger partial charge on any atom is 0.273 e. The van der Waals surface area contributed by atoms with Crippen molar-refractivity contribution in [3.05, 3.63) is 58.9 Å². The van der Waals surface area contributed by atoms with E-state index in [1.165, 1.54) is 32.2 Å². The summed E-state index contributed by atoms with van der Waals surface area (Å²) < 4.78 is 17.5. The van der Waals surface area contributed by atoms with Crippen LogP contribution >= 0.6 is 11.6 Å². The molecule has 1 unspecified atom stereocenters. The summed E-state index contributed by atoms with van der Waals surface area (Å²) in [6.45, 7) is 1.84. The van der Waals surface area contributed by atoms with Gasteiger partial charge in [0, 0.05) is 0 Å². The molecule has 0 radical (unpaired) electrons. The number of halogens is 1. The molecule has 3 rings (SSSR count). The summed E-state index contributed by atoms with van der Waals surface area (Å²) in [5.41, 5.74) is 1.59. The molecule has 0 fully saturated rings. The quantitative estimate of drug-likeness (QED) is 0.634. The van der Waals surface area contributed by atoms with E-state index in [0.717, 1.165) is 5.56 Å². The van der Waals surface area contributed by atoms with Crippen molar-refractivity contribution in [2.24, 2.45) is 0 Å². The first kappa shape index (κ1) is 20.5. The van der Waals surface area contributed by atoms with E-state index in [0.29, 0.717) is 28.0 Å². The largest absolute Gasteiger partial charge is 0.493 e. The van der Waals surface area contributed by atoms with Gasteiger partial charge in [-0.3, -0.25) is 4.79 Å². The van der Waals surface area contributed by atoms with E-state index in [-0.39, 0.29) is 17.6 Å². The number of hydrogen-bond donors (Lipinski definition) is 1. The fourth-order valence-corrected chi connectivity index (χ4v) is 3.05. The average Bonchev–Trinajstić information content (AvgIpc) is 3.23. The number of nitrogens with zero attached hydrogens (tertiary/aromatic N) is 3. The summed E-state index contributed by atoms with van der Waals surface area (Å²) in [5, 5.41) is 11.3. The number of para-hydroxylation sites is 1. The number of carbonyl (C=O) groups excluding carboxylic acids is 1. The zero-order chi connectivity index (χ0) is 21.0. The fourth-order valence-electron chi connectivity index (χ4n) is 2.83. The van der Waals surface area contributed by atoms with E-state index in [2.05, 4.69) is 15.6 Å². The number of aromatic nitrogens is 3. The Bertz CT molecular complexity index is 996. The Balaban J connectivity index is 1.80. The molecule has 3 aromatic rings. The minimum Gasteiger partial charge on any atom is -0.493 e. The zero-order valence-electron chi connectivity index (χ0n) is 16.5. The first-order valence-corrected chi connectivity index (χ1v) is 9.14. The Morgan fingerprint density at radius 3 is 2.34 bits per heavy atom. The smallest absolute Gasteiger partial charge is 0.273 e. The minimum absolute atomic E-state index is 0.171. The van der Waals surface area contributed by atoms with Crippen molar-refractivity contribution in [3.63, 3.8) is 0 Å². The summed E-state index contributed by atoms with van der Waals surface area (Å²) in [5.74, 6) is 1.13. The number of ether oxygens (including phenoxy) is 3. The molecule has 0 aliphatic rings. The second-order valence-electron chi connectivity index (χ2n) is 6.15. The van der Waals surface area contributed by atoms with E-state index >= 15 is 0 Å². The topological polar surface area (TPSA) is 87.5 Å². The lowest BCUT2D eigenvalue weighted by Gasteiger charge is -2.18. The molecule has 1 amide bonds. The van der Waals surface area contributed by atoms with Crippen LogP contribution in [0.25, 0.3) is 5.69 Å². The van der Waals surface area contributed by atoms with Gasteiger partial charge in [-0.15, -0.1) is 5.10 Å². The van der Waals surface area contributed by atoms with E-state index in [1.54, 1.807) is 24.3 Å². The molecule has 1 aromatic heterocycles. The molecule has 29 heavy (non-hydrogen) atoms. The Labute approximate surface area is 173 Å². The van der Waals surface area contributed by atoms with Crippen LogP contribution in [0.2, 0.25) is 5.02 Å². The predicted molar refractivity (Wildman–Crippen MR) is 108 cm³/mol. The van der Waals surface area contributed by atoms with Gasteiger partial charge in [0.25, 0.3) is 5.91 Å². The molecule has 0 saturated carbocycles. The molecule has 2 aromatic carbocycles. The third-order valence-corrected chi connectivity index (χ3v) is 4.68. The second kappa shape index (κ2) is 8.83. The summed E-state index contributed by atoms with van der Waals surface area (Å²) in [4.78, 5) is 12.6. The standard InChI is InChI=1S/C20H21ClN4O4/c1-12(13-9-17(27-2)19(29-4)18(10-13)28-3)22-20(26)15-11-25(24-23-15)16-8-6-5-7-14(16)21/h5-12H,1-4H3,(H,22,26). The van der Waals surface area contributed by atoms with Gasteiger partial charge in [-0.1, -0.05) is 28.9 Å². The normalized spacial score (nSPS) is 11.6. The van der Waals surface area contributed by atoms with Crippen molar-refractivity contribution in [2.75, 3.05) is 21.3 Å². The number of amides is 1. The van der Waals surface area contributed by atoms with E-state index < -0.39 is 0 Å². The van der Waals surface area contributed by atoms with Gasteiger partial charge in [0.1, 0.15) is 0 Å². The van der Waals surface area contributed by atoms with Gasteiger partial charge < -0.3 is 19.5 Å². The van der Waals surface area contributed by atoms with Gasteiger partial charge in [0.05, 0.1) is 44.3 Å². The van der Waals surface area contributed by atoms with Gasteiger partial charge in [-0.25, -0.2) is 4.68 Å². The van der Waals surface area contributed by atoms with Gasteiger partial charge in [0.2, 0.25) is 5.75 Å². The van der Waals surface area contributed by atoms with Gasteiger partial charge in [-0.05, 0) is 36.8 Å². The lowest BCUT2D eigenvalue weighted by Crippen LogP contribution is -2.27. The SMILES string of the molecule is COc1cc(C(C)NC(=O)c2cn(-c3ccccc3Cl)nn2)cc(OC)c1OC. The third-order valence-electron chi connectivity index (χ3n) is 4.36. The monoisotopic (exact) mass is 416 g/mol. The van der Waals surface area contributed by atoms with Crippen molar-refractivity contribution in [2.45, 2.75) is 13.0 Å². The molecular formula is C20H21ClN4O4. The highest BCUT2D eigenvalue weighted by Gasteiger charge is 2.20. The van der Waals surface area contributed by atoms with Crippen LogP contribution in [0.4, 0.5) is 0 Å². The molecular weight excluding hydrogens is 396 g/mol. The number of carbonyl (C=O) groups is 1. The molecule has 8 nitrogen and oxygen atoms in total. The second-order valence-corrected chi connectivity index (χ2v) is 6.56. The van der Waals surface area contributed by atoms with Crippen LogP contribution in [0.5, 0.6) is 17.2 Å². The van der Waals surface area contributed by atoms with Crippen LogP contribution in [0.1, 0.15) is 29.0 Å². The Kier molecular flexibility index (Phi) is 6.23. The molecule has 1 atom stereocenters. The molecule has 1 heterocycles. The van der Waals surface area contributed by atoms with Crippen LogP contribution in [-0.4, -0.2) is 42.2 Å². The fraction of sp³-hybridized carbons (Fsp3) is 0.250. The van der Waals surface area contributed by atoms with Crippen LogP contribution in [0.15, 0.2) is 42.6 Å². The minimum atomic E-state index is -0.371. The lowest BCUT2D eigenvalue weighted by atomic mass is 10.1. The van der Waals surface area contributed by atoms with Crippen LogP contribution in [0, 0.1) is 0 Å². The van der Waals surface area contributed by atoms with Crippen LogP contribution in [-0.2, 0) is 0 Å². The first-order chi connectivity index (χ1) is 14.0. The zero-order valence-corrected chi connectivity index (χ0v) is 17.2. The summed E-state index contributed by atoms with van der Waals surface area (Å²) in [6.07, 6.45) is 1.53. The lowest BCUT2D eigenvalue weighted by molar-refractivity contribution is 0.0934. The maximum atomic E-state index is 12.6. The van der Waals surface area contributed by atoms with E-state index in [9.17, 15) is 4.79 Å². The maximum absolute atomic E-state index is 12.6. The molecule has 0 spiro atoms. The summed E-state index contributed by atoms with van der Waals surface area (Å²) in [7, 11) is 4.61. The highest BCUT2D eigenvalue weighted by atomic mass is 35.5. The Hall–Kier alpha value is -3.26. The third kappa shape index (κ3) is 4.27. The van der Waals surface area contributed by atoms with Crippen LogP contribution < -0.4 is 19.5 Å². The predicted octanol–water partition coefficient (Wildman–Crippen LogP) is 3.44. The molecule has 0 bridgehead atoms. The van der Waals surface area contributed by atoms with Crippen LogP contribution in [0.3, 0.4) is 0 Å². The van der Waals surface area contributed by atoms with E-state index in [1.807, 2.05) is 19.1 Å². The Morgan fingerprint density at radius 2 is 1.76 bits per heavy atom. The summed E-state index contributed by atoms with van der Waals surface area (Å²) >= 11 is 6.17. The van der Waals surface area contributed by atoms with Crippen molar-refractivity contribution >= 4 is 17.5 Å². The molecule has 0 aliphatic heterocycles. The highest BCUT2D eigenvalue weighted by molar-refractivity contribution is 6.32. The van der Waals surface area contributed by atoms with Gasteiger partial charge in [-0.2, -0.15) is 0 Å². The first-order valence-electron chi connectivity index (χ1n) is 8.76. The van der Waals surface area contributed by atoms with E-state index in [4.69, 9.17) is 25.8 Å². The molecule has 152 valence electrons. The number of benzene rings is 2. The number of rotatable bonds is 7. The summed E-state index contributed by atoms with van der Waals surface area (Å²) in [6, 6.07) is 10.4. The van der Waals surface area contributed by atoms with Crippen molar-refractivity contribution in [1.29, 1.82) is 0 Å². The average molecular weight is 417 g/mol. The van der Waals surface area contributed by atoms with Crippen molar-refractivity contribution < 1.29 is 19.0 Å². The molecule has 1 N–H and O–H groups in total. The molecule has 9 heteroatoms. The Morgan fingerprint density at radius 1 is 1.10 bits per heavy atom. The number of methoxy groups -OCH3 is 3. The molecule has 0 aliphatic carbocycles. The van der Waals surface area contributed by atoms with Crippen molar-refractivity contribution in [1.82, 2.24) is 20.3 Å². The number of hydrogen-bond acceptors (Lipinski definition) is 6. The van der Waals surface area contributed by atoms with Gasteiger partial charge in [0.15, 0.2) is 17.2 Å².